The maximum Gasteiger partial charge on any atom is 0.0702 e. The molecule has 0 aromatic heterocycles. The highest BCUT2D eigenvalue weighted by molar-refractivity contribution is 4.99. The van der Waals surface area contributed by atoms with E-state index >= 15 is 0 Å². The zero-order chi connectivity index (χ0) is 13.7. The van der Waals surface area contributed by atoms with Gasteiger partial charge in [-0.25, -0.2) is 0 Å². The second-order valence-corrected chi connectivity index (χ2v) is 6.09. The molecule has 0 bridgehead atoms. The fraction of sp³-hybridized carbons (Fsp3) is 1.00. The molecule has 0 aromatic rings. The first-order valence-electron chi connectivity index (χ1n) is 7.94. The summed E-state index contributed by atoms with van der Waals surface area (Å²) in [5.41, 5.74) is -0.0383. The molecule has 1 heterocycles. The van der Waals surface area contributed by atoms with Crippen LogP contribution in [-0.2, 0) is 4.74 Å². The van der Waals surface area contributed by atoms with Crippen LogP contribution >= 0.6 is 0 Å². The molecule has 4 nitrogen and oxygen atoms in total. The van der Waals surface area contributed by atoms with Crippen LogP contribution in [0.3, 0.4) is 0 Å². The highest BCUT2D eigenvalue weighted by Crippen LogP contribution is 2.33. The summed E-state index contributed by atoms with van der Waals surface area (Å²) in [6, 6.07) is 0.598. The van der Waals surface area contributed by atoms with Crippen LogP contribution in [0.4, 0.5) is 0 Å². The van der Waals surface area contributed by atoms with Crippen molar-refractivity contribution in [3.05, 3.63) is 0 Å². The lowest BCUT2D eigenvalue weighted by atomic mass is 9.98. The van der Waals surface area contributed by atoms with Gasteiger partial charge in [-0.1, -0.05) is 13.8 Å². The van der Waals surface area contributed by atoms with E-state index in [-0.39, 0.29) is 12.1 Å². The Hall–Kier alpha value is -0.160. The van der Waals surface area contributed by atoms with Crippen molar-refractivity contribution in [2.24, 2.45) is 0 Å². The van der Waals surface area contributed by atoms with Crippen molar-refractivity contribution in [1.29, 1.82) is 0 Å². The molecule has 0 spiro atoms. The third kappa shape index (κ3) is 3.69. The maximum atomic E-state index is 9.70. The summed E-state index contributed by atoms with van der Waals surface area (Å²) < 4.78 is 5.76. The molecule has 3 atom stereocenters. The first-order chi connectivity index (χ1) is 9.23. The zero-order valence-corrected chi connectivity index (χ0v) is 12.5. The zero-order valence-electron chi connectivity index (χ0n) is 12.5. The Kier molecular flexibility index (Phi) is 5.63. The van der Waals surface area contributed by atoms with E-state index in [1.165, 1.54) is 19.3 Å². The van der Waals surface area contributed by atoms with Gasteiger partial charge in [0, 0.05) is 24.7 Å². The number of aliphatic hydroxyl groups is 1. The second-order valence-electron chi connectivity index (χ2n) is 6.09. The van der Waals surface area contributed by atoms with E-state index in [2.05, 4.69) is 24.1 Å². The minimum atomic E-state index is -0.0383. The van der Waals surface area contributed by atoms with Gasteiger partial charge in [-0.2, -0.15) is 0 Å². The predicted molar refractivity (Wildman–Crippen MR) is 77.4 cm³/mol. The van der Waals surface area contributed by atoms with Crippen LogP contribution in [0.1, 0.15) is 46.0 Å². The Balaban J connectivity index is 1.89. The van der Waals surface area contributed by atoms with Gasteiger partial charge in [0.05, 0.1) is 12.7 Å². The van der Waals surface area contributed by atoms with Crippen LogP contribution in [0.5, 0.6) is 0 Å². The topological polar surface area (TPSA) is 44.7 Å². The van der Waals surface area contributed by atoms with Crippen LogP contribution in [0.2, 0.25) is 0 Å². The molecule has 2 fully saturated rings. The van der Waals surface area contributed by atoms with Crippen LogP contribution in [0.15, 0.2) is 0 Å². The first-order valence-corrected chi connectivity index (χ1v) is 7.94. The molecular formula is C15H30N2O2. The van der Waals surface area contributed by atoms with Gasteiger partial charge < -0.3 is 15.2 Å². The SMILES string of the molecule is CCNC1(CO)CCC(N(CC)CC2CCCO2)C1. The average Bonchev–Trinajstić information content (AvgIpc) is 3.06. The number of nitrogens with one attached hydrogen (secondary N) is 1. The van der Waals surface area contributed by atoms with E-state index in [0.29, 0.717) is 12.1 Å². The van der Waals surface area contributed by atoms with Crippen molar-refractivity contribution < 1.29 is 9.84 Å². The van der Waals surface area contributed by atoms with Crippen molar-refractivity contribution in [1.82, 2.24) is 10.2 Å². The van der Waals surface area contributed by atoms with E-state index < -0.39 is 0 Å². The fourth-order valence-corrected chi connectivity index (χ4v) is 3.73. The molecule has 1 aliphatic heterocycles. The lowest BCUT2D eigenvalue weighted by molar-refractivity contribution is 0.0568. The summed E-state index contributed by atoms with van der Waals surface area (Å²) in [7, 11) is 0. The standard InChI is InChI=1S/C15H30N2O2/c1-3-16-15(12-18)8-7-13(10-15)17(4-2)11-14-6-5-9-19-14/h13-14,16,18H,3-12H2,1-2H3. The summed E-state index contributed by atoms with van der Waals surface area (Å²) in [6.07, 6.45) is 6.20. The highest BCUT2D eigenvalue weighted by atomic mass is 16.5. The monoisotopic (exact) mass is 270 g/mol. The average molecular weight is 270 g/mol. The number of ether oxygens (including phenoxy) is 1. The van der Waals surface area contributed by atoms with Gasteiger partial charge in [0.1, 0.15) is 0 Å². The molecule has 1 saturated carbocycles. The Morgan fingerprint density at radius 3 is 2.79 bits per heavy atom. The van der Waals surface area contributed by atoms with Crippen LogP contribution in [-0.4, -0.2) is 60.5 Å². The van der Waals surface area contributed by atoms with Gasteiger partial charge in [0.25, 0.3) is 0 Å². The number of likely N-dealkylation sites (N-methyl/N-ethyl adjacent to an activating group) is 2. The molecule has 1 aliphatic carbocycles. The van der Waals surface area contributed by atoms with Crippen LogP contribution in [0.25, 0.3) is 0 Å². The Bertz CT molecular complexity index is 269. The number of rotatable bonds is 7. The summed E-state index contributed by atoms with van der Waals surface area (Å²) in [6.45, 7) is 8.63. The lowest BCUT2D eigenvalue weighted by Gasteiger charge is -2.33. The summed E-state index contributed by atoms with van der Waals surface area (Å²) in [5, 5.41) is 13.2. The van der Waals surface area contributed by atoms with Gasteiger partial charge in [-0.05, 0) is 45.2 Å². The molecule has 4 heteroatoms. The molecule has 0 aromatic carbocycles. The van der Waals surface area contributed by atoms with Crippen molar-refractivity contribution in [2.75, 3.05) is 32.8 Å². The molecule has 2 N–H and O–H groups in total. The summed E-state index contributed by atoms with van der Waals surface area (Å²) in [5.74, 6) is 0. The minimum absolute atomic E-state index is 0.0383. The normalized spacial score (nSPS) is 35.4. The van der Waals surface area contributed by atoms with Gasteiger partial charge in [-0.15, -0.1) is 0 Å². The quantitative estimate of drug-likeness (QED) is 0.733. The number of hydrogen-bond donors (Lipinski definition) is 2. The molecule has 2 aliphatic rings. The van der Waals surface area contributed by atoms with Gasteiger partial charge in [-0.3, -0.25) is 4.90 Å². The molecule has 19 heavy (non-hydrogen) atoms. The predicted octanol–water partition coefficient (Wildman–Crippen LogP) is 1.38. The maximum absolute atomic E-state index is 9.70. The van der Waals surface area contributed by atoms with E-state index in [0.717, 1.165) is 39.1 Å². The van der Waals surface area contributed by atoms with Crippen molar-refractivity contribution >= 4 is 0 Å². The minimum Gasteiger partial charge on any atom is -0.394 e. The van der Waals surface area contributed by atoms with Gasteiger partial charge >= 0.3 is 0 Å². The van der Waals surface area contributed by atoms with Gasteiger partial charge in [0.2, 0.25) is 0 Å². The second kappa shape index (κ2) is 7.02. The van der Waals surface area contributed by atoms with E-state index in [9.17, 15) is 5.11 Å². The third-order valence-corrected chi connectivity index (χ3v) is 4.82. The molecule has 2 rings (SSSR count). The van der Waals surface area contributed by atoms with E-state index in [1.54, 1.807) is 0 Å². The Morgan fingerprint density at radius 2 is 2.21 bits per heavy atom. The molecule has 1 saturated heterocycles. The molecule has 112 valence electrons. The smallest absolute Gasteiger partial charge is 0.0702 e. The van der Waals surface area contributed by atoms with Crippen LogP contribution in [0, 0.1) is 0 Å². The van der Waals surface area contributed by atoms with Crippen LogP contribution < -0.4 is 5.32 Å². The highest BCUT2D eigenvalue weighted by Gasteiger charge is 2.40. The molecule has 0 amide bonds. The Labute approximate surface area is 117 Å². The molecule has 3 unspecified atom stereocenters. The first kappa shape index (κ1) is 15.2. The lowest BCUT2D eigenvalue weighted by Crippen LogP contribution is -2.48. The van der Waals surface area contributed by atoms with Crippen molar-refractivity contribution in [3.8, 4) is 0 Å². The third-order valence-electron chi connectivity index (χ3n) is 4.82. The largest absolute Gasteiger partial charge is 0.394 e. The van der Waals surface area contributed by atoms with Gasteiger partial charge in [0.15, 0.2) is 0 Å². The van der Waals surface area contributed by atoms with E-state index in [1.807, 2.05) is 0 Å². The van der Waals surface area contributed by atoms with Crippen molar-refractivity contribution in [2.45, 2.75) is 63.6 Å². The number of nitrogens with zero attached hydrogens (tertiary/aromatic N) is 1. The van der Waals surface area contributed by atoms with E-state index in [4.69, 9.17) is 4.74 Å². The Morgan fingerprint density at radius 1 is 1.37 bits per heavy atom. The molecular weight excluding hydrogens is 240 g/mol. The fourth-order valence-electron chi connectivity index (χ4n) is 3.73. The number of aliphatic hydroxyl groups excluding tert-OH is 1. The van der Waals surface area contributed by atoms with Crippen molar-refractivity contribution in [3.63, 3.8) is 0 Å². The summed E-state index contributed by atoms with van der Waals surface area (Å²) in [4.78, 5) is 2.56. The molecule has 0 radical (unpaired) electrons. The number of hydrogen-bond acceptors (Lipinski definition) is 4. The summed E-state index contributed by atoms with van der Waals surface area (Å²) >= 11 is 0.